The van der Waals surface area contributed by atoms with E-state index in [1.54, 1.807) is 24.3 Å². The molecule has 1 saturated carbocycles. The molecule has 0 unspecified atom stereocenters. The number of hydrogen-bond donors (Lipinski definition) is 2. The Bertz CT molecular complexity index is 639. The van der Waals surface area contributed by atoms with E-state index in [0.29, 0.717) is 17.0 Å². The van der Waals surface area contributed by atoms with Crippen molar-refractivity contribution in [2.24, 2.45) is 5.92 Å². The number of rotatable bonds is 4. The summed E-state index contributed by atoms with van der Waals surface area (Å²) in [7, 11) is 0. The molecule has 1 saturated heterocycles. The van der Waals surface area contributed by atoms with Crippen molar-refractivity contribution < 1.29 is 23.1 Å². The fourth-order valence-electron chi connectivity index (χ4n) is 3.19. The molecule has 3 rings (SSSR count). The molecule has 1 aliphatic carbocycles. The first-order chi connectivity index (χ1) is 11.3. The van der Waals surface area contributed by atoms with Crippen LogP contribution in [0.3, 0.4) is 0 Å². The van der Waals surface area contributed by atoms with Crippen molar-refractivity contribution in [2.75, 3.05) is 6.54 Å². The third kappa shape index (κ3) is 3.77. The van der Waals surface area contributed by atoms with Gasteiger partial charge in [-0.05, 0) is 30.0 Å². The highest BCUT2D eigenvalue weighted by molar-refractivity contribution is 6.30. The van der Waals surface area contributed by atoms with Crippen molar-refractivity contribution in [2.45, 2.75) is 37.3 Å². The number of amides is 2. The van der Waals surface area contributed by atoms with Crippen LogP contribution >= 0.6 is 11.6 Å². The van der Waals surface area contributed by atoms with Gasteiger partial charge in [-0.2, -0.15) is 0 Å². The number of carbonyl (C=O) groups excluding carboxylic acids is 2. The van der Waals surface area contributed by atoms with Gasteiger partial charge in [0.25, 0.3) is 5.91 Å². The standard InChI is InChI=1S/C16H17ClF2N2O3/c17-11-3-1-9(2-4-11)13(10-5-6-16(18,19)7-10)21-14(22)12-8-20-15(23)24-12/h1-4,10,12-13H,5-8H2,(H,20,23)(H,21,22)/t10-,12-,13+/m0/s1. The number of carbonyl (C=O) groups is 2. The molecule has 1 aliphatic heterocycles. The molecule has 2 amide bonds. The normalized spacial score (nSPS) is 26.5. The number of cyclic esters (lactones) is 1. The van der Waals surface area contributed by atoms with Gasteiger partial charge >= 0.3 is 6.09 Å². The number of halogens is 3. The lowest BCUT2D eigenvalue weighted by atomic mass is 9.91. The van der Waals surface area contributed by atoms with Crippen molar-refractivity contribution >= 4 is 23.6 Å². The summed E-state index contributed by atoms with van der Waals surface area (Å²) in [6, 6.07) is 6.15. The van der Waals surface area contributed by atoms with E-state index < -0.39 is 36.0 Å². The maximum Gasteiger partial charge on any atom is 0.408 e. The molecule has 1 aromatic rings. The molecule has 1 aromatic carbocycles. The van der Waals surface area contributed by atoms with Crippen LogP contribution in [0.25, 0.3) is 0 Å². The van der Waals surface area contributed by atoms with Gasteiger partial charge < -0.3 is 15.4 Å². The highest BCUT2D eigenvalue weighted by Crippen LogP contribution is 2.44. The monoisotopic (exact) mass is 358 g/mol. The van der Waals surface area contributed by atoms with Crippen LogP contribution in [0, 0.1) is 5.92 Å². The topological polar surface area (TPSA) is 67.4 Å². The van der Waals surface area contributed by atoms with E-state index in [2.05, 4.69) is 10.6 Å². The number of nitrogens with one attached hydrogen (secondary N) is 2. The van der Waals surface area contributed by atoms with Crippen molar-refractivity contribution in [1.82, 2.24) is 10.6 Å². The summed E-state index contributed by atoms with van der Waals surface area (Å²) in [5, 5.41) is 5.68. The van der Waals surface area contributed by atoms with Gasteiger partial charge in [-0.1, -0.05) is 23.7 Å². The fraction of sp³-hybridized carbons (Fsp3) is 0.500. The molecular formula is C16H17ClF2N2O3. The van der Waals surface area contributed by atoms with E-state index in [9.17, 15) is 18.4 Å². The first-order valence-electron chi connectivity index (χ1n) is 7.72. The van der Waals surface area contributed by atoms with Crippen molar-refractivity contribution in [3.05, 3.63) is 34.9 Å². The second kappa shape index (κ2) is 6.55. The molecule has 3 atom stereocenters. The highest BCUT2D eigenvalue weighted by atomic mass is 35.5. The van der Waals surface area contributed by atoms with Crippen LogP contribution in [0.5, 0.6) is 0 Å². The predicted octanol–water partition coefficient (Wildman–Crippen LogP) is 3.04. The molecule has 1 heterocycles. The molecule has 0 bridgehead atoms. The average molecular weight is 359 g/mol. The van der Waals surface area contributed by atoms with E-state index in [-0.39, 0.29) is 19.4 Å². The summed E-state index contributed by atoms with van der Waals surface area (Å²) in [6.45, 7) is 0.0683. The Balaban J connectivity index is 1.78. The summed E-state index contributed by atoms with van der Waals surface area (Å²) >= 11 is 5.87. The van der Waals surface area contributed by atoms with Gasteiger partial charge in [-0.15, -0.1) is 0 Å². The van der Waals surface area contributed by atoms with Gasteiger partial charge in [0.1, 0.15) is 0 Å². The minimum Gasteiger partial charge on any atom is -0.434 e. The molecule has 5 nitrogen and oxygen atoms in total. The Morgan fingerprint density at radius 1 is 1.38 bits per heavy atom. The number of alkyl halides is 2. The molecule has 0 spiro atoms. The van der Waals surface area contributed by atoms with Crippen LogP contribution in [-0.2, 0) is 9.53 Å². The van der Waals surface area contributed by atoms with Crippen molar-refractivity contribution in [3.63, 3.8) is 0 Å². The minimum atomic E-state index is -2.72. The van der Waals surface area contributed by atoms with Gasteiger partial charge in [0.2, 0.25) is 5.92 Å². The zero-order valence-electron chi connectivity index (χ0n) is 12.7. The third-order valence-corrected chi connectivity index (χ3v) is 4.67. The lowest BCUT2D eigenvalue weighted by Crippen LogP contribution is -2.41. The van der Waals surface area contributed by atoms with Crippen LogP contribution in [-0.4, -0.2) is 30.6 Å². The van der Waals surface area contributed by atoms with Crippen molar-refractivity contribution in [3.8, 4) is 0 Å². The van der Waals surface area contributed by atoms with E-state index in [0.717, 1.165) is 0 Å². The quantitative estimate of drug-likeness (QED) is 0.869. The van der Waals surface area contributed by atoms with Crippen LogP contribution in [0.1, 0.15) is 30.9 Å². The smallest absolute Gasteiger partial charge is 0.408 e. The van der Waals surface area contributed by atoms with Gasteiger partial charge in [0.15, 0.2) is 6.10 Å². The predicted molar refractivity (Wildman–Crippen MR) is 82.9 cm³/mol. The Morgan fingerprint density at radius 3 is 2.62 bits per heavy atom. The zero-order valence-corrected chi connectivity index (χ0v) is 13.5. The molecular weight excluding hydrogens is 342 g/mol. The van der Waals surface area contributed by atoms with E-state index in [4.69, 9.17) is 16.3 Å². The van der Waals surface area contributed by atoms with Gasteiger partial charge in [-0.3, -0.25) is 4.79 Å². The number of benzene rings is 1. The first-order valence-corrected chi connectivity index (χ1v) is 8.10. The summed E-state index contributed by atoms with van der Waals surface area (Å²) in [6.07, 6.45) is -1.79. The highest BCUT2D eigenvalue weighted by Gasteiger charge is 2.44. The average Bonchev–Trinajstić information content (AvgIpc) is 3.11. The second-order valence-corrected chi connectivity index (χ2v) is 6.61. The SMILES string of the molecule is O=C1NC[C@@H](C(=O)N[C@H](c2ccc(Cl)cc2)[C@H]2CCC(F)(F)C2)O1. The molecule has 24 heavy (non-hydrogen) atoms. The summed E-state index contributed by atoms with van der Waals surface area (Å²) < 4.78 is 32.1. The van der Waals surface area contributed by atoms with E-state index in [1.807, 2.05) is 0 Å². The summed E-state index contributed by atoms with van der Waals surface area (Å²) in [5.74, 6) is -3.61. The van der Waals surface area contributed by atoms with E-state index in [1.165, 1.54) is 0 Å². The maximum atomic E-state index is 13.6. The third-order valence-electron chi connectivity index (χ3n) is 4.41. The minimum absolute atomic E-state index is 0.0683. The van der Waals surface area contributed by atoms with Crippen LogP contribution in [0.4, 0.5) is 13.6 Å². The number of alkyl carbamates (subject to hydrolysis) is 1. The molecule has 2 N–H and O–H groups in total. The Hall–Kier alpha value is -1.89. The number of ether oxygens (including phenoxy) is 1. The lowest BCUT2D eigenvalue weighted by molar-refractivity contribution is -0.129. The zero-order chi connectivity index (χ0) is 17.3. The lowest BCUT2D eigenvalue weighted by Gasteiger charge is -2.26. The second-order valence-electron chi connectivity index (χ2n) is 6.17. The molecule has 2 fully saturated rings. The molecule has 8 heteroatoms. The summed E-state index contributed by atoms with van der Waals surface area (Å²) in [4.78, 5) is 23.4. The largest absolute Gasteiger partial charge is 0.434 e. The van der Waals surface area contributed by atoms with Gasteiger partial charge in [0, 0.05) is 17.9 Å². The summed E-state index contributed by atoms with van der Waals surface area (Å²) in [5.41, 5.74) is 0.702. The van der Waals surface area contributed by atoms with E-state index >= 15 is 0 Å². The molecule has 2 aliphatic rings. The Labute approximate surface area is 142 Å². The van der Waals surface area contributed by atoms with Gasteiger partial charge in [-0.25, -0.2) is 13.6 Å². The maximum absolute atomic E-state index is 13.6. The van der Waals surface area contributed by atoms with Gasteiger partial charge in [0.05, 0.1) is 12.6 Å². The van der Waals surface area contributed by atoms with Crippen molar-refractivity contribution in [1.29, 1.82) is 0 Å². The van der Waals surface area contributed by atoms with Crippen LogP contribution < -0.4 is 10.6 Å². The molecule has 0 aromatic heterocycles. The Kier molecular flexibility index (Phi) is 4.62. The molecule has 130 valence electrons. The first kappa shape index (κ1) is 17.0. The molecule has 0 radical (unpaired) electrons. The fourth-order valence-corrected chi connectivity index (χ4v) is 3.32. The Morgan fingerprint density at radius 2 is 2.08 bits per heavy atom. The van der Waals surface area contributed by atoms with Crippen LogP contribution in [0.2, 0.25) is 5.02 Å². The van der Waals surface area contributed by atoms with Crippen LogP contribution in [0.15, 0.2) is 24.3 Å². The number of hydrogen-bond acceptors (Lipinski definition) is 3.